The zero-order chi connectivity index (χ0) is 11.9. The van der Waals surface area contributed by atoms with Crippen LogP contribution in [0.15, 0.2) is 18.2 Å². The maximum Gasteiger partial charge on any atom is 0.220 e. The van der Waals surface area contributed by atoms with E-state index in [1.165, 1.54) is 16.7 Å². The number of nitrogens with zero attached hydrogens (tertiary/aromatic N) is 1. The summed E-state index contributed by atoms with van der Waals surface area (Å²) >= 11 is 0. The van der Waals surface area contributed by atoms with Gasteiger partial charge in [0.25, 0.3) is 0 Å². The Morgan fingerprint density at radius 1 is 1.38 bits per heavy atom. The molecule has 86 valence electrons. The molecule has 1 aliphatic rings. The number of amides is 1. The lowest BCUT2D eigenvalue weighted by molar-refractivity contribution is -0.135. The number of rotatable bonds is 0. The first-order valence-electron chi connectivity index (χ1n) is 5.81. The molecule has 1 amide bonds. The van der Waals surface area contributed by atoms with E-state index in [0.717, 1.165) is 13.0 Å². The number of aryl methyl sites for hydroxylation is 1. The number of carbonyl (C=O) groups is 1. The van der Waals surface area contributed by atoms with E-state index >= 15 is 0 Å². The van der Waals surface area contributed by atoms with Crippen LogP contribution in [0.25, 0.3) is 0 Å². The summed E-state index contributed by atoms with van der Waals surface area (Å²) in [6.45, 7) is 8.85. The summed E-state index contributed by atoms with van der Waals surface area (Å²) in [5, 5.41) is 0. The Balaban J connectivity index is 2.50. The van der Waals surface area contributed by atoms with E-state index in [1.54, 1.807) is 6.92 Å². The summed E-state index contributed by atoms with van der Waals surface area (Å²) in [7, 11) is 0. The molecule has 0 saturated carbocycles. The maximum absolute atomic E-state index is 11.6. The van der Waals surface area contributed by atoms with Crippen LogP contribution in [0.3, 0.4) is 0 Å². The number of carbonyl (C=O) groups excluding carboxylic acids is 1. The topological polar surface area (TPSA) is 20.3 Å². The Morgan fingerprint density at radius 3 is 2.69 bits per heavy atom. The minimum absolute atomic E-state index is 0.163. The standard InChI is InChI=1S/C14H19NO/c1-10-5-6-13-12(9-10)7-8-15(11(2)16)14(13,3)4/h5-6,9H,7-8H2,1-4H3. The van der Waals surface area contributed by atoms with Crippen molar-refractivity contribution >= 4 is 5.91 Å². The van der Waals surface area contributed by atoms with Gasteiger partial charge in [0, 0.05) is 13.5 Å². The van der Waals surface area contributed by atoms with Gasteiger partial charge in [0.2, 0.25) is 5.91 Å². The minimum Gasteiger partial charge on any atom is -0.333 e. The summed E-state index contributed by atoms with van der Waals surface area (Å²) in [4.78, 5) is 13.6. The molecule has 1 aromatic rings. The fourth-order valence-corrected chi connectivity index (χ4v) is 2.73. The average Bonchev–Trinajstić information content (AvgIpc) is 2.15. The van der Waals surface area contributed by atoms with E-state index in [1.807, 2.05) is 4.90 Å². The molecule has 0 aromatic heterocycles. The van der Waals surface area contributed by atoms with Gasteiger partial charge in [0.05, 0.1) is 5.54 Å². The van der Waals surface area contributed by atoms with Crippen LogP contribution in [0.5, 0.6) is 0 Å². The third-order valence-electron chi connectivity index (χ3n) is 3.58. The van der Waals surface area contributed by atoms with E-state index in [9.17, 15) is 4.79 Å². The van der Waals surface area contributed by atoms with E-state index in [0.29, 0.717) is 0 Å². The van der Waals surface area contributed by atoms with Crippen molar-refractivity contribution in [2.24, 2.45) is 0 Å². The van der Waals surface area contributed by atoms with Gasteiger partial charge < -0.3 is 4.90 Å². The summed E-state index contributed by atoms with van der Waals surface area (Å²) < 4.78 is 0. The number of hydrogen-bond donors (Lipinski definition) is 0. The Kier molecular flexibility index (Phi) is 2.53. The van der Waals surface area contributed by atoms with Crippen molar-refractivity contribution in [1.29, 1.82) is 0 Å². The summed E-state index contributed by atoms with van der Waals surface area (Å²) in [6.07, 6.45) is 0.972. The van der Waals surface area contributed by atoms with Crippen LogP contribution in [0.1, 0.15) is 37.5 Å². The predicted molar refractivity (Wildman–Crippen MR) is 65.3 cm³/mol. The number of fused-ring (bicyclic) bond motifs is 1. The van der Waals surface area contributed by atoms with Gasteiger partial charge >= 0.3 is 0 Å². The average molecular weight is 217 g/mol. The van der Waals surface area contributed by atoms with Gasteiger partial charge in [-0.25, -0.2) is 0 Å². The fraction of sp³-hybridized carbons (Fsp3) is 0.500. The highest BCUT2D eigenvalue weighted by molar-refractivity contribution is 5.75. The summed E-state index contributed by atoms with van der Waals surface area (Å²) in [6, 6.07) is 6.54. The lowest BCUT2D eigenvalue weighted by Gasteiger charge is -2.43. The largest absolute Gasteiger partial charge is 0.333 e. The monoisotopic (exact) mass is 217 g/mol. The van der Waals surface area contributed by atoms with Crippen LogP contribution in [-0.4, -0.2) is 17.4 Å². The van der Waals surface area contributed by atoms with Crippen LogP contribution in [-0.2, 0) is 16.8 Å². The van der Waals surface area contributed by atoms with Gasteiger partial charge in [-0.3, -0.25) is 4.79 Å². The first kappa shape index (κ1) is 11.2. The molecule has 1 heterocycles. The van der Waals surface area contributed by atoms with E-state index in [2.05, 4.69) is 39.0 Å². The molecule has 1 aliphatic heterocycles. The zero-order valence-electron chi connectivity index (χ0n) is 10.5. The minimum atomic E-state index is -0.173. The van der Waals surface area contributed by atoms with E-state index in [4.69, 9.17) is 0 Å². The second-order valence-corrected chi connectivity index (χ2v) is 5.14. The highest BCUT2D eigenvalue weighted by Crippen LogP contribution is 2.35. The van der Waals surface area contributed by atoms with Crippen molar-refractivity contribution in [2.45, 2.75) is 39.7 Å². The van der Waals surface area contributed by atoms with Crippen molar-refractivity contribution in [3.8, 4) is 0 Å². The molecule has 0 spiro atoms. The van der Waals surface area contributed by atoms with Crippen LogP contribution in [0.2, 0.25) is 0 Å². The van der Waals surface area contributed by atoms with Crippen LogP contribution in [0.4, 0.5) is 0 Å². The lowest BCUT2D eigenvalue weighted by Crippen LogP contribution is -2.49. The highest BCUT2D eigenvalue weighted by atomic mass is 16.2. The highest BCUT2D eigenvalue weighted by Gasteiger charge is 2.35. The van der Waals surface area contributed by atoms with Crippen LogP contribution < -0.4 is 0 Å². The van der Waals surface area contributed by atoms with Gasteiger partial charge in [0.1, 0.15) is 0 Å². The molecule has 0 fully saturated rings. The van der Waals surface area contributed by atoms with Crippen molar-refractivity contribution < 1.29 is 4.79 Å². The Morgan fingerprint density at radius 2 is 2.06 bits per heavy atom. The third kappa shape index (κ3) is 1.62. The molecular formula is C14H19NO. The second-order valence-electron chi connectivity index (χ2n) is 5.14. The first-order valence-corrected chi connectivity index (χ1v) is 5.81. The Labute approximate surface area is 97.3 Å². The Bertz CT molecular complexity index is 434. The fourth-order valence-electron chi connectivity index (χ4n) is 2.73. The molecule has 2 nitrogen and oxygen atoms in total. The third-order valence-corrected chi connectivity index (χ3v) is 3.58. The quantitative estimate of drug-likeness (QED) is 0.654. The molecule has 0 unspecified atom stereocenters. The molecular weight excluding hydrogens is 198 g/mol. The zero-order valence-corrected chi connectivity index (χ0v) is 10.5. The molecule has 2 heteroatoms. The molecule has 0 aliphatic carbocycles. The molecule has 0 saturated heterocycles. The van der Waals surface area contributed by atoms with Gasteiger partial charge in [-0.2, -0.15) is 0 Å². The van der Waals surface area contributed by atoms with E-state index in [-0.39, 0.29) is 11.4 Å². The second kappa shape index (κ2) is 3.62. The van der Waals surface area contributed by atoms with Gasteiger partial charge in [0.15, 0.2) is 0 Å². The van der Waals surface area contributed by atoms with Crippen molar-refractivity contribution in [3.63, 3.8) is 0 Å². The maximum atomic E-state index is 11.6. The van der Waals surface area contributed by atoms with Crippen LogP contribution >= 0.6 is 0 Å². The number of benzene rings is 1. The van der Waals surface area contributed by atoms with Crippen molar-refractivity contribution in [2.75, 3.05) is 6.54 Å². The van der Waals surface area contributed by atoms with Crippen molar-refractivity contribution in [3.05, 3.63) is 34.9 Å². The normalized spacial score (nSPS) is 18.1. The van der Waals surface area contributed by atoms with Gasteiger partial charge in [-0.1, -0.05) is 23.8 Å². The lowest BCUT2D eigenvalue weighted by atomic mass is 9.82. The molecule has 1 aromatic carbocycles. The smallest absolute Gasteiger partial charge is 0.220 e. The molecule has 0 bridgehead atoms. The van der Waals surface area contributed by atoms with Gasteiger partial charge in [-0.15, -0.1) is 0 Å². The predicted octanol–water partition coefficient (Wildman–Crippen LogP) is 2.63. The molecule has 0 radical (unpaired) electrons. The van der Waals surface area contributed by atoms with E-state index < -0.39 is 0 Å². The molecule has 2 rings (SSSR count). The van der Waals surface area contributed by atoms with Gasteiger partial charge in [-0.05, 0) is 38.3 Å². The number of hydrogen-bond acceptors (Lipinski definition) is 1. The van der Waals surface area contributed by atoms with Crippen molar-refractivity contribution in [1.82, 2.24) is 4.90 Å². The Hall–Kier alpha value is -1.31. The summed E-state index contributed by atoms with van der Waals surface area (Å²) in [5.74, 6) is 0.163. The molecule has 0 N–H and O–H groups in total. The molecule has 0 atom stereocenters. The van der Waals surface area contributed by atoms with Crippen LogP contribution in [0, 0.1) is 6.92 Å². The first-order chi connectivity index (χ1) is 7.43. The SMILES string of the molecule is CC(=O)N1CCc2cc(C)ccc2C1(C)C. The summed E-state index contributed by atoms with van der Waals surface area (Å²) in [5.41, 5.74) is 3.81. The molecule has 16 heavy (non-hydrogen) atoms.